The first-order valence-corrected chi connectivity index (χ1v) is 10.3. The third-order valence-corrected chi connectivity index (χ3v) is 5.68. The number of carbonyl (C=O) groups is 1. The van der Waals surface area contributed by atoms with Crippen LogP contribution in [0.5, 0.6) is 5.75 Å². The fraction of sp³-hybridized carbons (Fsp3) is 0.545. The summed E-state index contributed by atoms with van der Waals surface area (Å²) in [6, 6.07) is 4.58. The Hall–Kier alpha value is -2.41. The second kappa shape index (κ2) is 9.39. The molecule has 0 bridgehead atoms. The van der Waals surface area contributed by atoms with E-state index in [0.717, 1.165) is 50.5 Å². The summed E-state index contributed by atoms with van der Waals surface area (Å²) in [5, 5.41) is 0. The number of piperidine rings is 1. The first-order chi connectivity index (χ1) is 14.0. The van der Waals surface area contributed by atoms with Gasteiger partial charge in [-0.2, -0.15) is 0 Å². The van der Waals surface area contributed by atoms with Crippen molar-refractivity contribution in [3.63, 3.8) is 0 Å². The summed E-state index contributed by atoms with van der Waals surface area (Å²) in [5.41, 5.74) is 1.55. The van der Waals surface area contributed by atoms with Crippen LogP contribution in [-0.4, -0.2) is 54.0 Å². The molecule has 3 rings (SSSR count). The molecule has 1 fully saturated rings. The highest BCUT2D eigenvalue weighted by molar-refractivity contribution is 5.78. The van der Waals surface area contributed by atoms with Gasteiger partial charge in [-0.15, -0.1) is 0 Å². The maximum atomic E-state index is 13.7. The summed E-state index contributed by atoms with van der Waals surface area (Å²) in [4.78, 5) is 21.4. The maximum absolute atomic E-state index is 13.7. The van der Waals surface area contributed by atoms with Crippen molar-refractivity contribution in [2.75, 3.05) is 33.3 Å². The second-order valence-corrected chi connectivity index (χ2v) is 7.43. The van der Waals surface area contributed by atoms with Crippen LogP contribution in [0.4, 0.5) is 4.39 Å². The van der Waals surface area contributed by atoms with Crippen LogP contribution in [0.3, 0.4) is 0 Å². The molecule has 0 radical (unpaired) electrons. The molecule has 1 aromatic heterocycles. The fourth-order valence-electron chi connectivity index (χ4n) is 3.83. The first kappa shape index (κ1) is 21.3. The quantitative estimate of drug-likeness (QED) is 0.702. The van der Waals surface area contributed by atoms with Gasteiger partial charge in [-0.25, -0.2) is 9.37 Å². The molecule has 1 saturated heterocycles. The molecule has 7 heteroatoms. The van der Waals surface area contributed by atoms with E-state index >= 15 is 0 Å². The Kier molecular flexibility index (Phi) is 6.90. The summed E-state index contributed by atoms with van der Waals surface area (Å²) in [6.45, 7) is 9.89. The van der Waals surface area contributed by atoms with Crippen molar-refractivity contribution in [3.05, 3.63) is 35.5 Å². The molecule has 0 N–H and O–H groups in total. The number of benzene rings is 1. The summed E-state index contributed by atoms with van der Waals surface area (Å²) >= 11 is 0. The van der Waals surface area contributed by atoms with Crippen molar-refractivity contribution in [2.45, 2.75) is 40.2 Å². The van der Waals surface area contributed by atoms with Gasteiger partial charge in [-0.1, -0.05) is 0 Å². The second-order valence-electron chi connectivity index (χ2n) is 7.43. The molecule has 0 saturated carbocycles. The lowest BCUT2D eigenvalue weighted by atomic mass is 9.95. The summed E-state index contributed by atoms with van der Waals surface area (Å²) in [6.07, 6.45) is 1.74. The van der Waals surface area contributed by atoms with Crippen LogP contribution >= 0.6 is 0 Å². The molecule has 1 amide bonds. The minimum atomic E-state index is -0.415. The van der Waals surface area contributed by atoms with Crippen molar-refractivity contribution < 1.29 is 18.3 Å². The standard InChI is InChI=1S/C22H30FN3O3/c1-5-26(6-2)22(27)16-9-11-25(12-10-16)14-19-15(3)29-21(24-19)17-7-8-18(23)20(13-17)28-4/h7-8,13,16H,5-6,9-12,14H2,1-4H3. The predicted molar refractivity (Wildman–Crippen MR) is 109 cm³/mol. The van der Waals surface area contributed by atoms with Crippen molar-refractivity contribution in [3.8, 4) is 17.2 Å². The van der Waals surface area contributed by atoms with E-state index in [1.807, 2.05) is 25.7 Å². The third-order valence-electron chi connectivity index (χ3n) is 5.68. The van der Waals surface area contributed by atoms with E-state index in [9.17, 15) is 9.18 Å². The number of hydrogen-bond donors (Lipinski definition) is 0. The van der Waals surface area contributed by atoms with Crippen molar-refractivity contribution in [1.82, 2.24) is 14.8 Å². The van der Waals surface area contributed by atoms with Gasteiger partial charge in [0.25, 0.3) is 0 Å². The van der Waals surface area contributed by atoms with Gasteiger partial charge in [0, 0.05) is 31.1 Å². The number of nitrogens with zero attached hydrogens (tertiary/aromatic N) is 3. The van der Waals surface area contributed by atoms with E-state index in [0.29, 0.717) is 18.0 Å². The molecule has 6 nitrogen and oxygen atoms in total. The number of methoxy groups -OCH3 is 1. The van der Waals surface area contributed by atoms with Crippen LogP contribution in [0.1, 0.15) is 38.1 Å². The van der Waals surface area contributed by atoms with E-state index in [-0.39, 0.29) is 17.6 Å². The van der Waals surface area contributed by atoms with E-state index in [2.05, 4.69) is 9.88 Å². The molecule has 1 aromatic carbocycles. The number of carbonyl (C=O) groups excluding carboxylic acids is 1. The molecule has 0 aliphatic carbocycles. The minimum absolute atomic E-state index is 0.117. The number of likely N-dealkylation sites (tertiary alicyclic amines) is 1. The average molecular weight is 403 g/mol. The van der Waals surface area contributed by atoms with Gasteiger partial charge in [0.2, 0.25) is 11.8 Å². The van der Waals surface area contributed by atoms with Crippen molar-refractivity contribution >= 4 is 5.91 Å². The topological polar surface area (TPSA) is 58.8 Å². The van der Waals surface area contributed by atoms with Crippen LogP contribution in [0.15, 0.2) is 22.6 Å². The van der Waals surface area contributed by atoms with Crippen LogP contribution in [0.2, 0.25) is 0 Å². The fourth-order valence-corrected chi connectivity index (χ4v) is 3.83. The Morgan fingerprint density at radius 1 is 1.31 bits per heavy atom. The molecule has 0 atom stereocenters. The largest absolute Gasteiger partial charge is 0.494 e. The van der Waals surface area contributed by atoms with E-state index in [4.69, 9.17) is 9.15 Å². The van der Waals surface area contributed by atoms with Gasteiger partial charge in [-0.3, -0.25) is 9.69 Å². The number of aryl methyl sites for hydroxylation is 1. The number of amides is 1. The molecule has 2 aromatic rings. The lowest BCUT2D eigenvalue weighted by Crippen LogP contribution is -2.42. The number of rotatable bonds is 7. The van der Waals surface area contributed by atoms with Gasteiger partial charge < -0.3 is 14.1 Å². The highest BCUT2D eigenvalue weighted by Gasteiger charge is 2.28. The zero-order valence-corrected chi connectivity index (χ0v) is 17.7. The summed E-state index contributed by atoms with van der Waals surface area (Å²) < 4.78 is 24.5. The van der Waals surface area contributed by atoms with E-state index in [1.54, 1.807) is 12.1 Å². The van der Waals surface area contributed by atoms with Crippen molar-refractivity contribution in [2.24, 2.45) is 5.92 Å². The minimum Gasteiger partial charge on any atom is -0.494 e. The smallest absolute Gasteiger partial charge is 0.226 e. The maximum Gasteiger partial charge on any atom is 0.226 e. The monoisotopic (exact) mass is 403 g/mol. The van der Waals surface area contributed by atoms with Crippen LogP contribution < -0.4 is 4.74 Å². The number of oxazole rings is 1. The van der Waals surface area contributed by atoms with Gasteiger partial charge in [0.05, 0.1) is 12.8 Å². The number of ether oxygens (including phenoxy) is 1. The molecular formula is C22H30FN3O3. The Morgan fingerprint density at radius 3 is 2.62 bits per heavy atom. The van der Waals surface area contributed by atoms with Gasteiger partial charge in [0.15, 0.2) is 11.6 Å². The highest BCUT2D eigenvalue weighted by Crippen LogP contribution is 2.28. The lowest BCUT2D eigenvalue weighted by Gasteiger charge is -2.33. The van der Waals surface area contributed by atoms with Gasteiger partial charge in [0.1, 0.15) is 5.76 Å². The molecule has 0 spiro atoms. The lowest BCUT2D eigenvalue weighted by molar-refractivity contribution is -0.136. The Morgan fingerprint density at radius 2 is 2.00 bits per heavy atom. The number of hydrogen-bond acceptors (Lipinski definition) is 5. The third kappa shape index (κ3) is 4.78. The zero-order chi connectivity index (χ0) is 21.0. The SMILES string of the molecule is CCN(CC)C(=O)C1CCN(Cc2nc(-c3ccc(F)c(OC)c3)oc2C)CC1. The Balaban J connectivity index is 1.63. The molecule has 1 aliphatic rings. The number of aromatic nitrogens is 1. The molecular weight excluding hydrogens is 373 g/mol. The summed E-state index contributed by atoms with van der Waals surface area (Å²) in [7, 11) is 1.43. The van der Waals surface area contributed by atoms with E-state index < -0.39 is 5.82 Å². The molecule has 0 unspecified atom stereocenters. The van der Waals surface area contributed by atoms with Crippen LogP contribution in [0.25, 0.3) is 11.5 Å². The van der Waals surface area contributed by atoms with Crippen LogP contribution in [-0.2, 0) is 11.3 Å². The Bertz CT molecular complexity index is 840. The Labute approximate surface area is 171 Å². The summed E-state index contributed by atoms with van der Waals surface area (Å²) in [5.74, 6) is 1.36. The van der Waals surface area contributed by atoms with Gasteiger partial charge in [-0.05, 0) is 64.9 Å². The first-order valence-electron chi connectivity index (χ1n) is 10.3. The molecule has 29 heavy (non-hydrogen) atoms. The zero-order valence-electron chi connectivity index (χ0n) is 17.7. The highest BCUT2D eigenvalue weighted by atomic mass is 19.1. The molecule has 1 aliphatic heterocycles. The van der Waals surface area contributed by atoms with Crippen LogP contribution in [0, 0.1) is 18.7 Å². The predicted octanol–water partition coefficient (Wildman–Crippen LogP) is 3.88. The normalized spacial score (nSPS) is 15.5. The average Bonchev–Trinajstić information content (AvgIpc) is 3.10. The molecule has 2 heterocycles. The van der Waals surface area contributed by atoms with Gasteiger partial charge >= 0.3 is 0 Å². The number of halogens is 1. The molecule has 158 valence electrons. The van der Waals surface area contributed by atoms with Crippen molar-refractivity contribution in [1.29, 1.82) is 0 Å². The van der Waals surface area contributed by atoms with E-state index in [1.165, 1.54) is 13.2 Å².